The van der Waals surface area contributed by atoms with E-state index in [-0.39, 0.29) is 26.1 Å². The van der Waals surface area contributed by atoms with E-state index in [1.165, 1.54) is 10.6 Å². The summed E-state index contributed by atoms with van der Waals surface area (Å²) in [4.78, 5) is 0. The van der Waals surface area contributed by atoms with Gasteiger partial charge in [0.05, 0.1) is 24.4 Å². The van der Waals surface area contributed by atoms with E-state index in [9.17, 15) is 20.4 Å². The number of para-hydroxylation sites is 1. The van der Waals surface area contributed by atoms with Crippen LogP contribution in [0.1, 0.15) is 26.7 Å². The van der Waals surface area contributed by atoms with Crippen molar-refractivity contribution in [2.45, 2.75) is 51.1 Å². The van der Waals surface area contributed by atoms with Crippen LogP contribution < -0.4 is 25.4 Å². The summed E-state index contributed by atoms with van der Waals surface area (Å²) in [6.45, 7) is 3.33. The van der Waals surface area contributed by atoms with Crippen LogP contribution in [0.4, 0.5) is 0 Å². The Bertz CT molecular complexity index is 1310. The van der Waals surface area contributed by atoms with Gasteiger partial charge >= 0.3 is 0 Å². The van der Waals surface area contributed by atoms with Gasteiger partial charge in [-0.2, -0.15) is 0 Å². The molecular weight excluding hydrogens is 535 g/mol. The van der Waals surface area contributed by atoms with Crippen molar-refractivity contribution in [3.05, 3.63) is 103 Å². The van der Waals surface area contributed by atoms with E-state index in [2.05, 4.69) is 30.3 Å². The molecule has 0 bridgehead atoms. The molecule has 0 saturated carbocycles. The average molecular weight is 575 g/mol. The van der Waals surface area contributed by atoms with Crippen LogP contribution in [0.3, 0.4) is 0 Å². The molecular formula is C34H39O6P. The van der Waals surface area contributed by atoms with E-state index in [0.29, 0.717) is 11.5 Å². The lowest BCUT2D eigenvalue weighted by atomic mass is 10.0. The zero-order valence-electron chi connectivity index (χ0n) is 23.5. The Hall–Kier alpha value is -3.25. The SMILES string of the molecule is C[C@@H](O)C[C@@H](O)COc1ccccc1-c1c(OC[C@H](O)C[C@@H](C)O)cccc1P(c1ccccc1)c1ccccc1. The number of rotatable bonds is 14. The number of aliphatic hydroxyl groups is 4. The molecule has 41 heavy (non-hydrogen) atoms. The number of hydrogen-bond acceptors (Lipinski definition) is 6. The third-order valence-electron chi connectivity index (χ3n) is 6.52. The first kappa shape index (κ1) is 30.7. The molecule has 0 heterocycles. The van der Waals surface area contributed by atoms with E-state index < -0.39 is 32.3 Å². The molecule has 4 rings (SSSR count). The van der Waals surface area contributed by atoms with Crippen molar-refractivity contribution in [3.63, 3.8) is 0 Å². The minimum atomic E-state index is -1.01. The molecule has 4 aromatic carbocycles. The second kappa shape index (κ2) is 15.1. The minimum absolute atomic E-state index is 0.0199. The van der Waals surface area contributed by atoms with Gasteiger partial charge in [0.1, 0.15) is 24.7 Å². The maximum absolute atomic E-state index is 10.5. The fourth-order valence-corrected chi connectivity index (χ4v) is 7.26. The minimum Gasteiger partial charge on any atom is -0.490 e. The summed E-state index contributed by atoms with van der Waals surface area (Å²) in [6, 6.07) is 34.3. The van der Waals surface area contributed by atoms with E-state index in [4.69, 9.17) is 9.47 Å². The van der Waals surface area contributed by atoms with Crippen molar-refractivity contribution in [1.29, 1.82) is 0 Å². The van der Waals surface area contributed by atoms with Crippen molar-refractivity contribution in [1.82, 2.24) is 0 Å². The Morgan fingerprint density at radius 3 is 1.56 bits per heavy atom. The molecule has 0 saturated heterocycles. The van der Waals surface area contributed by atoms with Crippen molar-refractivity contribution in [3.8, 4) is 22.6 Å². The van der Waals surface area contributed by atoms with Crippen LogP contribution in [0.15, 0.2) is 103 Å². The molecule has 0 radical (unpaired) electrons. The van der Waals surface area contributed by atoms with Gasteiger partial charge in [0.15, 0.2) is 0 Å². The van der Waals surface area contributed by atoms with Crippen LogP contribution >= 0.6 is 7.92 Å². The lowest BCUT2D eigenvalue weighted by molar-refractivity contribution is 0.0550. The highest BCUT2D eigenvalue weighted by Gasteiger charge is 2.25. The Balaban J connectivity index is 1.85. The van der Waals surface area contributed by atoms with E-state index in [1.54, 1.807) is 13.8 Å². The van der Waals surface area contributed by atoms with Crippen LogP contribution in [-0.2, 0) is 0 Å². The fraction of sp³-hybridized carbons (Fsp3) is 0.294. The third-order valence-corrected chi connectivity index (χ3v) is 9.00. The van der Waals surface area contributed by atoms with Crippen LogP contribution in [0, 0.1) is 0 Å². The summed E-state index contributed by atoms with van der Waals surface area (Å²) in [6.07, 6.45) is -2.53. The molecule has 0 aliphatic carbocycles. The van der Waals surface area contributed by atoms with Gasteiger partial charge in [-0.3, -0.25) is 0 Å². The predicted octanol–water partition coefficient (Wildman–Crippen LogP) is 4.13. The van der Waals surface area contributed by atoms with Gasteiger partial charge < -0.3 is 29.9 Å². The lowest BCUT2D eigenvalue weighted by Crippen LogP contribution is -2.25. The average Bonchev–Trinajstić information content (AvgIpc) is 2.96. The maximum Gasteiger partial charge on any atom is 0.128 e. The molecule has 0 amide bonds. The van der Waals surface area contributed by atoms with Gasteiger partial charge in [-0.05, 0) is 49.8 Å². The summed E-state index contributed by atoms with van der Waals surface area (Å²) < 4.78 is 12.4. The van der Waals surface area contributed by atoms with Gasteiger partial charge in [-0.15, -0.1) is 0 Å². The Labute approximate surface area is 243 Å². The van der Waals surface area contributed by atoms with E-state index >= 15 is 0 Å². The predicted molar refractivity (Wildman–Crippen MR) is 166 cm³/mol. The van der Waals surface area contributed by atoms with Gasteiger partial charge in [0.25, 0.3) is 0 Å². The van der Waals surface area contributed by atoms with Gasteiger partial charge in [0, 0.05) is 24.0 Å². The van der Waals surface area contributed by atoms with Gasteiger partial charge in [0.2, 0.25) is 0 Å². The number of ether oxygens (including phenoxy) is 2. The number of hydrogen-bond donors (Lipinski definition) is 4. The van der Waals surface area contributed by atoms with E-state index in [1.807, 2.05) is 72.8 Å². The largest absolute Gasteiger partial charge is 0.490 e. The zero-order chi connectivity index (χ0) is 29.2. The lowest BCUT2D eigenvalue weighted by Gasteiger charge is -2.26. The highest BCUT2D eigenvalue weighted by molar-refractivity contribution is 7.80. The van der Waals surface area contributed by atoms with Crippen molar-refractivity contribution in [2.24, 2.45) is 0 Å². The fourth-order valence-electron chi connectivity index (χ4n) is 4.77. The highest BCUT2D eigenvalue weighted by atomic mass is 31.1. The topological polar surface area (TPSA) is 99.4 Å². The molecule has 6 nitrogen and oxygen atoms in total. The first-order chi connectivity index (χ1) is 19.8. The standard InChI is InChI=1S/C34H39O6P/c1-24(35)20-26(37)22-39-31-17-10-9-16-30(31)34-32(40-23-27(38)21-25(2)36)18-11-19-33(34)41(28-12-5-3-6-13-28)29-14-7-4-8-15-29/h3-19,24-27,35-38H,20-23H2,1-2H3/t24-,25-,26-,27-/m1/s1. The van der Waals surface area contributed by atoms with Crippen LogP contribution in [0.25, 0.3) is 11.1 Å². The number of aliphatic hydroxyl groups excluding tert-OH is 4. The normalized spacial score (nSPS) is 14.3. The van der Waals surface area contributed by atoms with Crippen molar-refractivity contribution >= 4 is 23.8 Å². The molecule has 0 aromatic heterocycles. The van der Waals surface area contributed by atoms with Gasteiger partial charge in [-0.25, -0.2) is 0 Å². The van der Waals surface area contributed by atoms with Crippen LogP contribution in [0.5, 0.6) is 11.5 Å². The van der Waals surface area contributed by atoms with Crippen LogP contribution in [-0.4, -0.2) is 58.1 Å². The van der Waals surface area contributed by atoms with Gasteiger partial charge in [-0.1, -0.05) is 91.0 Å². The molecule has 4 N–H and O–H groups in total. The maximum atomic E-state index is 10.5. The molecule has 4 atom stereocenters. The number of benzene rings is 4. The summed E-state index contributed by atoms with van der Waals surface area (Å²) in [7, 11) is -1.01. The second-order valence-corrected chi connectivity index (χ2v) is 12.4. The smallest absolute Gasteiger partial charge is 0.128 e. The molecule has 216 valence electrons. The Kier molecular flexibility index (Phi) is 11.3. The highest BCUT2D eigenvalue weighted by Crippen LogP contribution is 2.43. The summed E-state index contributed by atoms with van der Waals surface area (Å²) in [5.74, 6) is 1.17. The molecule has 0 aliphatic rings. The molecule has 7 heteroatoms. The second-order valence-electron chi connectivity index (χ2n) is 10.3. The Morgan fingerprint density at radius 2 is 1.02 bits per heavy atom. The van der Waals surface area contributed by atoms with Crippen molar-refractivity contribution < 1.29 is 29.9 Å². The van der Waals surface area contributed by atoms with Crippen molar-refractivity contribution in [2.75, 3.05) is 13.2 Å². The van der Waals surface area contributed by atoms with Crippen LogP contribution in [0.2, 0.25) is 0 Å². The van der Waals surface area contributed by atoms with E-state index in [0.717, 1.165) is 16.4 Å². The zero-order valence-corrected chi connectivity index (χ0v) is 24.4. The quantitative estimate of drug-likeness (QED) is 0.169. The monoisotopic (exact) mass is 574 g/mol. The summed E-state index contributed by atoms with van der Waals surface area (Å²) >= 11 is 0. The molecule has 0 spiro atoms. The summed E-state index contributed by atoms with van der Waals surface area (Å²) in [5, 5.41) is 43.7. The molecule has 0 aliphatic heterocycles. The molecule has 4 aromatic rings. The first-order valence-electron chi connectivity index (χ1n) is 13.9. The Morgan fingerprint density at radius 1 is 0.561 bits per heavy atom. The first-order valence-corrected chi connectivity index (χ1v) is 15.3. The summed E-state index contributed by atoms with van der Waals surface area (Å²) in [5.41, 5.74) is 1.64. The molecule has 0 fully saturated rings. The molecule has 0 unspecified atom stereocenters. The third kappa shape index (κ3) is 8.62.